The van der Waals surface area contributed by atoms with E-state index in [1.165, 1.54) is 25.1 Å². The van der Waals surface area contributed by atoms with E-state index in [9.17, 15) is 14.4 Å². The second-order valence-electron chi connectivity index (χ2n) is 3.50. The van der Waals surface area contributed by atoms with Crippen molar-refractivity contribution in [3.63, 3.8) is 0 Å². The molecule has 19 heavy (non-hydrogen) atoms. The van der Waals surface area contributed by atoms with Crippen molar-refractivity contribution in [2.75, 3.05) is 0 Å². The number of amides is 3. The quantitative estimate of drug-likeness (QED) is 0.831. The normalized spacial score (nSPS) is 11.5. The van der Waals surface area contributed by atoms with E-state index < -0.39 is 24.0 Å². The van der Waals surface area contributed by atoms with Crippen LogP contribution < -0.4 is 11.1 Å². The summed E-state index contributed by atoms with van der Waals surface area (Å²) in [5.74, 6) is -1.67. The number of benzene rings is 1. The Morgan fingerprint density at radius 1 is 1.32 bits per heavy atom. The van der Waals surface area contributed by atoms with Gasteiger partial charge in [-0.2, -0.15) is 0 Å². The molecule has 0 aromatic heterocycles. The predicted molar refractivity (Wildman–Crippen MR) is 69.1 cm³/mol. The lowest BCUT2D eigenvalue weighted by atomic mass is 10.2. The minimum atomic E-state index is -1.20. The van der Waals surface area contributed by atoms with Crippen LogP contribution in [0.4, 0.5) is 4.79 Å². The van der Waals surface area contributed by atoms with Gasteiger partial charge < -0.3 is 10.5 Å². The molecule has 3 N–H and O–H groups in total. The molecule has 1 atom stereocenters. The van der Waals surface area contributed by atoms with Gasteiger partial charge in [-0.05, 0) is 19.1 Å². The van der Waals surface area contributed by atoms with E-state index in [-0.39, 0.29) is 15.6 Å². The first-order chi connectivity index (χ1) is 8.82. The molecule has 1 aromatic carbocycles. The zero-order valence-corrected chi connectivity index (χ0v) is 11.3. The van der Waals surface area contributed by atoms with Gasteiger partial charge in [0.05, 0.1) is 15.6 Å². The highest BCUT2D eigenvalue weighted by atomic mass is 35.5. The number of halogens is 2. The van der Waals surface area contributed by atoms with E-state index in [4.69, 9.17) is 33.7 Å². The standard InChI is InChI=1S/C11H10Cl2N2O4/c1-5(9(16)15-11(14)18)19-10(17)6-3-2-4-7(12)8(6)13/h2-5H,1H3,(H3,14,15,16,18). The number of nitrogens with two attached hydrogens (primary N) is 1. The summed E-state index contributed by atoms with van der Waals surface area (Å²) < 4.78 is 4.83. The summed E-state index contributed by atoms with van der Waals surface area (Å²) in [6.07, 6.45) is -1.20. The third kappa shape index (κ3) is 4.11. The Kier molecular flexibility index (Phi) is 5.14. The second kappa shape index (κ2) is 6.40. The van der Waals surface area contributed by atoms with Crippen LogP contribution in [0.5, 0.6) is 0 Å². The summed E-state index contributed by atoms with van der Waals surface area (Å²) >= 11 is 11.6. The molecule has 1 unspecified atom stereocenters. The van der Waals surface area contributed by atoms with Crippen LogP contribution in [0.1, 0.15) is 17.3 Å². The topological polar surface area (TPSA) is 98.5 Å². The van der Waals surface area contributed by atoms with Crippen molar-refractivity contribution in [1.29, 1.82) is 0 Å². The molecule has 0 fully saturated rings. The first kappa shape index (κ1) is 15.3. The van der Waals surface area contributed by atoms with Crippen molar-refractivity contribution in [2.45, 2.75) is 13.0 Å². The Bertz CT molecular complexity index is 533. The summed E-state index contributed by atoms with van der Waals surface area (Å²) in [5, 5.41) is 2.00. The molecule has 0 radical (unpaired) electrons. The van der Waals surface area contributed by atoms with Gasteiger partial charge in [0.15, 0.2) is 6.10 Å². The van der Waals surface area contributed by atoms with Gasteiger partial charge >= 0.3 is 12.0 Å². The number of carbonyl (C=O) groups is 3. The summed E-state index contributed by atoms with van der Waals surface area (Å²) in [6.45, 7) is 1.29. The number of hydrogen-bond acceptors (Lipinski definition) is 4. The summed E-state index contributed by atoms with van der Waals surface area (Å²) in [6, 6.07) is 3.38. The van der Waals surface area contributed by atoms with Gasteiger partial charge in [-0.15, -0.1) is 0 Å². The first-order valence-electron chi connectivity index (χ1n) is 5.08. The maximum atomic E-state index is 11.8. The summed E-state index contributed by atoms with van der Waals surface area (Å²) in [5.41, 5.74) is 4.79. The average molecular weight is 305 g/mol. The van der Waals surface area contributed by atoms with Crippen LogP contribution >= 0.6 is 23.2 Å². The Hall–Kier alpha value is -1.79. The highest BCUT2D eigenvalue weighted by Crippen LogP contribution is 2.26. The molecule has 0 bridgehead atoms. The van der Waals surface area contributed by atoms with Crippen molar-refractivity contribution in [1.82, 2.24) is 5.32 Å². The lowest BCUT2D eigenvalue weighted by molar-refractivity contribution is -0.127. The van der Waals surface area contributed by atoms with Gasteiger partial charge in [0.25, 0.3) is 5.91 Å². The third-order valence-electron chi connectivity index (χ3n) is 2.07. The second-order valence-corrected chi connectivity index (χ2v) is 4.29. The molecular weight excluding hydrogens is 295 g/mol. The van der Waals surface area contributed by atoms with Crippen LogP contribution in [0.2, 0.25) is 10.0 Å². The van der Waals surface area contributed by atoms with Crippen LogP contribution in [0.25, 0.3) is 0 Å². The molecule has 0 saturated heterocycles. The number of carbonyl (C=O) groups excluding carboxylic acids is 3. The highest BCUT2D eigenvalue weighted by molar-refractivity contribution is 6.43. The van der Waals surface area contributed by atoms with Crippen LogP contribution in [0, 0.1) is 0 Å². The van der Waals surface area contributed by atoms with Gasteiger partial charge in [0.2, 0.25) is 0 Å². The van der Waals surface area contributed by atoms with Gasteiger partial charge in [-0.25, -0.2) is 9.59 Å². The minimum Gasteiger partial charge on any atom is -0.449 e. The number of urea groups is 1. The van der Waals surface area contributed by atoms with E-state index in [1.807, 2.05) is 0 Å². The Labute approximate surface area is 118 Å². The minimum absolute atomic E-state index is 0.0212. The van der Waals surface area contributed by atoms with Gasteiger partial charge in [-0.3, -0.25) is 10.1 Å². The molecule has 0 aliphatic carbocycles. The molecule has 0 aliphatic rings. The summed E-state index contributed by atoms with van der Waals surface area (Å²) in [7, 11) is 0. The number of nitrogens with one attached hydrogen (secondary N) is 1. The number of esters is 1. The maximum absolute atomic E-state index is 11.8. The van der Waals surface area contributed by atoms with Gasteiger partial charge in [0, 0.05) is 0 Å². The maximum Gasteiger partial charge on any atom is 0.340 e. The molecule has 102 valence electrons. The number of rotatable bonds is 3. The highest BCUT2D eigenvalue weighted by Gasteiger charge is 2.21. The van der Waals surface area contributed by atoms with Crippen molar-refractivity contribution in [3.8, 4) is 0 Å². The third-order valence-corrected chi connectivity index (χ3v) is 2.89. The molecule has 1 aromatic rings. The molecule has 3 amide bonds. The van der Waals surface area contributed by atoms with Crippen LogP contribution in [-0.4, -0.2) is 24.0 Å². The fourth-order valence-electron chi connectivity index (χ4n) is 1.16. The average Bonchev–Trinajstić information content (AvgIpc) is 2.31. The molecule has 0 saturated carbocycles. The molecule has 1 rings (SSSR count). The smallest absolute Gasteiger partial charge is 0.340 e. The Morgan fingerprint density at radius 2 is 1.95 bits per heavy atom. The van der Waals surface area contributed by atoms with E-state index in [1.54, 1.807) is 5.32 Å². The fraction of sp³-hybridized carbons (Fsp3) is 0.182. The summed E-state index contributed by atoms with van der Waals surface area (Å²) in [4.78, 5) is 33.6. The van der Waals surface area contributed by atoms with Gasteiger partial charge in [0.1, 0.15) is 0 Å². The predicted octanol–water partition coefficient (Wildman–Crippen LogP) is 1.73. The molecule has 0 heterocycles. The first-order valence-corrected chi connectivity index (χ1v) is 5.83. The van der Waals surface area contributed by atoms with E-state index in [0.29, 0.717) is 0 Å². The van der Waals surface area contributed by atoms with Crippen molar-refractivity contribution in [2.24, 2.45) is 5.73 Å². The molecular formula is C11H10Cl2N2O4. The zero-order chi connectivity index (χ0) is 14.6. The Morgan fingerprint density at radius 3 is 2.53 bits per heavy atom. The lowest BCUT2D eigenvalue weighted by Gasteiger charge is -2.12. The fourth-order valence-corrected chi connectivity index (χ4v) is 1.54. The largest absolute Gasteiger partial charge is 0.449 e. The van der Waals surface area contributed by atoms with Crippen molar-refractivity contribution in [3.05, 3.63) is 33.8 Å². The number of ether oxygens (including phenoxy) is 1. The van der Waals surface area contributed by atoms with Gasteiger partial charge in [-0.1, -0.05) is 29.3 Å². The van der Waals surface area contributed by atoms with E-state index >= 15 is 0 Å². The van der Waals surface area contributed by atoms with Crippen LogP contribution in [0.15, 0.2) is 18.2 Å². The molecule has 0 spiro atoms. The van der Waals surface area contributed by atoms with Crippen LogP contribution in [0.3, 0.4) is 0 Å². The molecule has 8 heteroatoms. The SMILES string of the molecule is CC(OC(=O)c1cccc(Cl)c1Cl)C(=O)NC(N)=O. The molecule has 0 aliphatic heterocycles. The zero-order valence-electron chi connectivity index (χ0n) is 9.78. The van der Waals surface area contributed by atoms with Crippen molar-refractivity contribution < 1.29 is 19.1 Å². The number of primary amides is 1. The number of hydrogen-bond donors (Lipinski definition) is 2. The number of imide groups is 1. The molecule has 6 nitrogen and oxygen atoms in total. The van der Waals surface area contributed by atoms with E-state index in [0.717, 1.165) is 0 Å². The van der Waals surface area contributed by atoms with Crippen LogP contribution in [-0.2, 0) is 9.53 Å². The van der Waals surface area contributed by atoms with E-state index in [2.05, 4.69) is 0 Å². The lowest BCUT2D eigenvalue weighted by Crippen LogP contribution is -2.42. The van der Waals surface area contributed by atoms with Crippen molar-refractivity contribution >= 4 is 41.1 Å². The Balaban J connectivity index is 2.77. The monoisotopic (exact) mass is 304 g/mol.